The molecule has 1 aromatic heterocycles. The first-order valence-corrected chi connectivity index (χ1v) is 7.34. The second-order valence-electron chi connectivity index (χ2n) is 5.80. The third-order valence-corrected chi connectivity index (χ3v) is 3.70. The number of hydrogen-bond acceptors (Lipinski definition) is 3. The SMILES string of the molecule is CC(C)CCNC(C)c1nnc2n1CCCCC2. The Labute approximate surface area is 110 Å². The number of nitrogens with zero attached hydrogens (tertiary/aromatic N) is 3. The van der Waals surface area contributed by atoms with Crippen molar-refractivity contribution in [3.63, 3.8) is 0 Å². The minimum atomic E-state index is 0.308. The average Bonchev–Trinajstić information content (AvgIpc) is 2.58. The molecule has 0 amide bonds. The Balaban J connectivity index is 1.97. The van der Waals surface area contributed by atoms with E-state index in [4.69, 9.17) is 0 Å². The van der Waals surface area contributed by atoms with Crippen LogP contribution in [0.1, 0.15) is 64.1 Å². The summed E-state index contributed by atoms with van der Waals surface area (Å²) in [6.07, 6.45) is 6.14. The summed E-state index contributed by atoms with van der Waals surface area (Å²) < 4.78 is 2.33. The summed E-state index contributed by atoms with van der Waals surface area (Å²) >= 11 is 0. The smallest absolute Gasteiger partial charge is 0.149 e. The zero-order valence-electron chi connectivity index (χ0n) is 11.9. The molecule has 0 aromatic carbocycles. The lowest BCUT2D eigenvalue weighted by atomic mass is 10.1. The van der Waals surface area contributed by atoms with Crippen molar-refractivity contribution in [1.29, 1.82) is 0 Å². The highest BCUT2D eigenvalue weighted by atomic mass is 15.3. The molecular formula is C14H26N4. The van der Waals surface area contributed by atoms with Crippen LogP contribution in [0.2, 0.25) is 0 Å². The topological polar surface area (TPSA) is 42.7 Å². The van der Waals surface area contributed by atoms with E-state index in [1.807, 2.05) is 0 Å². The third-order valence-electron chi connectivity index (χ3n) is 3.70. The fourth-order valence-electron chi connectivity index (χ4n) is 2.51. The second-order valence-corrected chi connectivity index (χ2v) is 5.80. The van der Waals surface area contributed by atoms with Crippen LogP contribution in [-0.4, -0.2) is 21.3 Å². The molecule has 18 heavy (non-hydrogen) atoms. The van der Waals surface area contributed by atoms with Crippen LogP contribution in [0.15, 0.2) is 0 Å². The first-order chi connectivity index (χ1) is 8.68. The fraction of sp³-hybridized carbons (Fsp3) is 0.857. The van der Waals surface area contributed by atoms with Gasteiger partial charge < -0.3 is 9.88 Å². The standard InChI is InChI=1S/C14H26N4/c1-11(2)8-9-15-12(3)14-17-16-13-7-5-4-6-10-18(13)14/h11-12,15H,4-10H2,1-3H3. The zero-order valence-corrected chi connectivity index (χ0v) is 11.9. The maximum Gasteiger partial charge on any atom is 0.149 e. The molecule has 4 heteroatoms. The minimum Gasteiger partial charge on any atom is -0.314 e. The van der Waals surface area contributed by atoms with Gasteiger partial charge in [0, 0.05) is 13.0 Å². The van der Waals surface area contributed by atoms with Gasteiger partial charge in [0.2, 0.25) is 0 Å². The molecule has 0 saturated heterocycles. The van der Waals surface area contributed by atoms with E-state index in [2.05, 4.69) is 40.9 Å². The fourth-order valence-corrected chi connectivity index (χ4v) is 2.51. The molecular weight excluding hydrogens is 224 g/mol. The largest absolute Gasteiger partial charge is 0.314 e. The van der Waals surface area contributed by atoms with Gasteiger partial charge in [-0.05, 0) is 38.6 Å². The Hall–Kier alpha value is -0.900. The summed E-state index contributed by atoms with van der Waals surface area (Å²) in [6, 6.07) is 0.308. The van der Waals surface area contributed by atoms with Gasteiger partial charge in [0.05, 0.1) is 6.04 Å². The molecule has 0 fully saturated rings. The number of fused-ring (bicyclic) bond motifs is 1. The molecule has 0 bridgehead atoms. The van der Waals surface area contributed by atoms with Crippen molar-refractivity contribution in [2.45, 2.75) is 65.5 Å². The summed E-state index contributed by atoms with van der Waals surface area (Å²) in [6.45, 7) is 8.86. The number of hydrogen-bond donors (Lipinski definition) is 1. The number of rotatable bonds is 5. The van der Waals surface area contributed by atoms with Gasteiger partial charge in [0.15, 0.2) is 0 Å². The van der Waals surface area contributed by atoms with E-state index in [0.29, 0.717) is 6.04 Å². The Morgan fingerprint density at radius 2 is 2.00 bits per heavy atom. The van der Waals surface area contributed by atoms with Crippen molar-refractivity contribution in [3.05, 3.63) is 11.6 Å². The highest BCUT2D eigenvalue weighted by Crippen LogP contribution is 2.18. The van der Waals surface area contributed by atoms with E-state index < -0.39 is 0 Å². The number of nitrogens with one attached hydrogen (secondary N) is 1. The molecule has 0 saturated carbocycles. The van der Waals surface area contributed by atoms with Gasteiger partial charge in [-0.3, -0.25) is 0 Å². The molecule has 0 aliphatic carbocycles. The van der Waals surface area contributed by atoms with Crippen LogP contribution < -0.4 is 5.32 Å². The first-order valence-electron chi connectivity index (χ1n) is 7.34. The molecule has 0 spiro atoms. The van der Waals surface area contributed by atoms with Crippen molar-refractivity contribution in [1.82, 2.24) is 20.1 Å². The van der Waals surface area contributed by atoms with E-state index in [1.165, 1.54) is 31.5 Å². The van der Waals surface area contributed by atoms with E-state index in [0.717, 1.165) is 31.3 Å². The Bertz CT molecular complexity index is 370. The van der Waals surface area contributed by atoms with E-state index >= 15 is 0 Å². The molecule has 1 unspecified atom stereocenters. The van der Waals surface area contributed by atoms with Gasteiger partial charge in [-0.2, -0.15) is 0 Å². The van der Waals surface area contributed by atoms with Crippen LogP contribution in [-0.2, 0) is 13.0 Å². The molecule has 102 valence electrons. The summed E-state index contributed by atoms with van der Waals surface area (Å²) in [7, 11) is 0. The van der Waals surface area contributed by atoms with Crippen LogP contribution in [0.5, 0.6) is 0 Å². The maximum atomic E-state index is 4.39. The minimum absolute atomic E-state index is 0.308. The molecule has 2 heterocycles. The molecule has 4 nitrogen and oxygen atoms in total. The highest BCUT2D eigenvalue weighted by Gasteiger charge is 2.18. The second kappa shape index (κ2) is 6.32. The quantitative estimate of drug-likeness (QED) is 0.873. The molecule has 2 rings (SSSR count). The number of aromatic nitrogens is 3. The molecule has 0 radical (unpaired) electrons. The van der Waals surface area contributed by atoms with Crippen LogP contribution in [0.4, 0.5) is 0 Å². The Morgan fingerprint density at radius 3 is 2.78 bits per heavy atom. The zero-order chi connectivity index (χ0) is 13.0. The van der Waals surface area contributed by atoms with Gasteiger partial charge in [-0.15, -0.1) is 10.2 Å². The van der Waals surface area contributed by atoms with Crippen molar-refractivity contribution in [2.24, 2.45) is 5.92 Å². The number of aryl methyl sites for hydroxylation is 1. The summed E-state index contributed by atoms with van der Waals surface area (Å²) in [5.41, 5.74) is 0. The lowest BCUT2D eigenvalue weighted by Gasteiger charge is -2.15. The van der Waals surface area contributed by atoms with Gasteiger partial charge >= 0.3 is 0 Å². The lowest BCUT2D eigenvalue weighted by Crippen LogP contribution is -2.24. The van der Waals surface area contributed by atoms with Crippen molar-refractivity contribution in [2.75, 3.05) is 6.54 Å². The Kier molecular flexibility index (Phi) is 4.75. The summed E-state index contributed by atoms with van der Waals surface area (Å²) in [5.74, 6) is 3.05. The van der Waals surface area contributed by atoms with Crippen LogP contribution in [0.25, 0.3) is 0 Å². The van der Waals surface area contributed by atoms with Gasteiger partial charge in [-0.1, -0.05) is 20.3 Å². The van der Waals surface area contributed by atoms with E-state index in [9.17, 15) is 0 Å². The summed E-state index contributed by atoms with van der Waals surface area (Å²) in [4.78, 5) is 0. The van der Waals surface area contributed by atoms with E-state index in [-0.39, 0.29) is 0 Å². The van der Waals surface area contributed by atoms with Crippen LogP contribution in [0, 0.1) is 5.92 Å². The first kappa shape index (κ1) is 13.5. The molecule has 1 aliphatic heterocycles. The normalized spacial score (nSPS) is 17.6. The van der Waals surface area contributed by atoms with Gasteiger partial charge in [0.1, 0.15) is 11.6 Å². The van der Waals surface area contributed by atoms with Crippen LogP contribution in [0.3, 0.4) is 0 Å². The third kappa shape index (κ3) is 3.31. The molecule has 1 N–H and O–H groups in total. The van der Waals surface area contributed by atoms with Gasteiger partial charge in [0.25, 0.3) is 0 Å². The highest BCUT2D eigenvalue weighted by molar-refractivity contribution is 5.01. The van der Waals surface area contributed by atoms with Crippen LogP contribution >= 0.6 is 0 Å². The van der Waals surface area contributed by atoms with E-state index in [1.54, 1.807) is 0 Å². The molecule has 1 atom stereocenters. The summed E-state index contributed by atoms with van der Waals surface area (Å²) in [5, 5.41) is 12.3. The monoisotopic (exact) mass is 250 g/mol. The van der Waals surface area contributed by atoms with Crippen molar-refractivity contribution >= 4 is 0 Å². The maximum absolute atomic E-state index is 4.39. The van der Waals surface area contributed by atoms with Gasteiger partial charge in [-0.25, -0.2) is 0 Å². The molecule has 1 aromatic rings. The van der Waals surface area contributed by atoms with Crippen molar-refractivity contribution < 1.29 is 0 Å². The lowest BCUT2D eigenvalue weighted by molar-refractivity contribution is 0.466. The molecule has 1 aliphatic rings. The Morgan fingerprint density at radius 1 is 1.17 bits per heavy atom. The average molecular weight is 250 g/mol. The van der Waals surface area contributed by atoms with Crippen molar-refractivity contribution in [3.8, 4) is 0 Å². The predicted octanol–water partition coefficient (Wildman–Crippen LogP) is 2.70. The predicted molar refractivity (Wildman–Crippen MR) is 73.4 cm³/mol.